The average Bonchev–Trinajstić information content (AvgIpc) is 2.72. The van der Waals surface area contributed by atoms with Crippen LogP contribution in [0.5, 0.6) is 11.6 Å². The smallest absolute Gasteiger partial charge is 0.331 e. The topological polar surface area (TPSA) is 120 Å². The van der Waals surface area contributed by atoms with E-state index in [9.17, 15) is 19.3 Å². The summed E-state index contributed by atoms with van der Waals surface area (Å²) in [5, 5.41) is 13.6. The minimum Gasteiger partial charge on any atom is -0.434 e. The molecule has 0 radical (unpaired) electrons. The van der Waals surface area contributed by atoms with Gasteiger partial charge in [0.1, 0.15) is 11.6 Å². The van der Waals surface area contributed by atoms with Crippen molar-refractivity contribution in [1.82, 2.24) is 4.98 Å². The zero-order valence-electron chi connectivity index (χ0n) is 16.0. The lowest BCUT2D eigenvalue weighted by Crippen LogP contribution is -2.37. The van der Waals surface area contributed by atoms with Gasteiger partial charge in [-0.25, -0.2) is 9.37 Å². The SMILES string of the molecule is Cc1ccc(NC(=O)C(N)Cc2ccc(Oc3ncccc3[N+](=O)[O-])cc2)cc1F. The quantitative estimate of drug-likeness (QED) is 0.452. The Morgan fingerprint density at radius 2 is 2.00 bits per heavy atom. The van der Waals surface area contributed by atoms with E-state index in [1.165, 1.54) is 24.4 Å². The van der Waals surface area contributed by atoms with Crippen LogP contribution < -0.4 is 15.8 Å². The summed E-state index contributed by atoms with van der Waals surface area (Å²) in [4.78, 5) is 26.6. The van der Waals surface area contributed by atoms with E-state index in [2.05, 4.69) is 10.3 Å². The van der Waals surface area contributed by atoms with Gasteiger partial charge in [0.05, 0.1) is 11.0 Å². The molecule has 3 aromatic rings. The van der Waals surface area contributed by atoms with Crippen molar-refractivity contribution in [2.45, 2.75) is 19.4 Å². The molecule has 30 heavy (non-hydrogen) atoms. The Bertz CT molecular complexity index is 1070. The van der Waals surface area contributed by atoms with Crippen molar-refractivity contribution in [3.63, 3.8) is 0 Å². The van der Waals surface area contributed by atoms with Crippen LogP contribution in [0.3, 0.4) is 0 Å². The van der Waals surface area contributed by atoms with E-state index < -0.39 is 22.7 Å². The molecule has 2 aromatic carbocycles. The van der Waals surface area contributed by atoms with Gasteiger partial charge in [-0.15, -0.1) is 0 Å². The second-order valence-electron chi connectivity index (χ2n) is 6.59. The van der Waals surface area contributed by atoms with Crippen molar-refractivity contribution in [3.05, 3.63) is 87.9 Å². The molecular weight excluding hydrogens is 391 g/mol. The van der Waals surface area contributed by atoms with Crippen molar-refractivity contribution >= 4 is 17.3 Å². The number of carbonyl (C=O) groups is 1. The lowest BCUT2D eigenvalue weighted by atomic mass is 10.1. The number of nitro groups is 1. The maximum absolute atomic E-state index is 13.6. The highest BCUT2D eigenvalue weighted by atomic mass is 19.1. The van der Waals surface area contributed by atoms with E-state index in [1.54, 1.807) is 43.3 Å². The number of amides is 1. The molecule has 9 heteroatoms. The third-order valence-corrected chi connectivity index (χ3v) is 4.32. The second-order valence-corrected chi connectivity index (χ2v) is 6.59. The standard InChI is InChI=1S/C21H19FN4O4/c1-13-4-7-15(12-17(13)22)25-20(27)18(23)11-14-5-8-16(9-6-14)30-21-19(26(28)29)3-2-10-24-21/h2-10,12,18H,11,23H2,1H3,(H,25,27). The molecule has 0 aliphatic carbocycles. The van der Waals surface area contributed by atoms with Crippen LogP contribution in [0, 0.1) is 22.9 Å². The van der Waals surface area contributed by atoms with Gasteiger partial charge in [0.2, 0.25) is 5.91 Å². The summed E-state index contributed by atoms with van der Waals surface area (Å²) in [5.74, 6) is -0.613. The van der Waals surface area contributed by atoms with Gasteiger partial charge in [-0.1, -0.05) is 18.2 Å². The fourth-order valence-corrected chi connectivity index (χ4v) is 2.66. The zero-order chi connectivity index (χ0) is 21.7. The van der Waals surface area contributed by atoms with Crippen LogP contribution in [-0.2, 0) is 11.2 Å². The first-order chi connectivity index (χ1) is 14.3. The molecule has 3 rings (SSSR count). The van der Waals surface area contributed by atoms with Gasteiger partial charge in [0, 0.05) is 18.0 Å². The molecule has 154 valence electrons. The molecule has 1 unspecified atom stereocenters. The molecule has 0 aliphatic rings. The number of anilines is 1. The van der Waals surface area contributed by atoms with Gasteiger partial charge in [0.15, 0.2) is 0 Å². The molecule has 1 atom stereocenters. The Balaban J connectivity index is 1.61. The molecule has 1 heterocycles. The first-order valence-electron chi connectivity index (χ1n) is 9.02. The lowest BCUT2D eigenvalue weighted by Gasteiger charge is -2.13. The number of carbonyl (C=O) groups excluding carboxylic acids is 1. The Labute approximate surface area is 171 Å². The fourth-order valence-electron chi connectivity index (χ4n) is 2.66. The van der Waals surface area contributed by atoms with Crippen LogP contribution in [-0.4, -0.2) is 21.9 Å². The monoisotopic (exact) mass is 410 g/mol. The molecule has 3 N–H and O–H groups in total. The van der Waals surface area contributed by atoms with E-state index in [-0.39, 0.29) is 18.0 Å². The number of ether oxygens (including phenoxy) is 1. The molecule has 0 aliphatic heterocycles. The van der Waals surface area contributed by atoms with Crippen LogP contribution in [0.25, 0.3) is 0 Å². The molecule has 0 spiro atoms. The van der Waals surface area contributed by atoms with Crippen molar-refractivity contribution in [3.8, 4) is 11.6 Å². The molecule has 0 bridgehead atoms. The molecule has 0 saturated heterocycles. The first kappa shape index (κ1) is 20.9. The van der Waals surface area contributed by atoms with Crippen LogP contribution in [0.15, 0.2) is 60.8 Å². The number of aromatic nitrogens is 1. The minimum atomic E-state index is -0.849. The summed E-state index contributed by atoms with van der Waals surface area (Å²) >= 11 is 0. The Morgan fingerprint density at radius 1 is 1.27 bits per heavy atom. The number of nitrogens with zero attached hydrogens (tertiary/aromatic N) is 2. The number of benzene rings is 2. The Hall–Kier alpha value is -3.85. The van der Waals surface area contributed by atoms with E-state index in [0.717, 1.165) is 5.56 Å². The van der Waals surface area contributed by atoms with Gasteiger partial charge in [-0.2, -0.15) is 0 Å². The highest BCUT2D eigenvalue weighted by Gasteiger charge is 2.17. The second kappa shape index (κ2) is 9.10. The number of halogens is 1. The van der Waals surface area contributed by atoms with Crippen molar-refractivity contribution in [1.29, 1.82) is 0 Å². The highest BCUT2D eigenvalue weighted by Crippen LogP contribution is 2.28. The molecule has 1 amide bonds. The number of hydrogen-bond acceptors (Lipinski definition) is 6. The number of nitrogens with one attached hydrogen (secondary N) is 1. The third kappa shape index (κ3) is 5.15. The van der Waals surface area contributed by atoms with Crippen molar-refractivity contribution < 1.29 is 18.8 Å². The molecule has 0 fully saturated rings. The first-order valence-corrected chi connectivity index (χ1v) is 9.02. The largest absolute Gasteiger partial charge is 0.434 e. The Morgan fingerprint density at radius 3 is 2.67 bits per heavy atom. The normalized spacial score (nSPS) is 11.6. The summed E-state index contributed by atoms with van der Waals surface area (Å²) in [7, 11) is 0. The number of nitrogens with two attached hydrogens (primary N) is 1. The maximum atomic E-state index is 13.6. The van der Waals surface area contributed by atoms with E-state index in [1.807, 2.05) is 0 Å². The summed E-state index contributed by atoms with van der Waals surface area (Å²) in [6.07, 6.45) is 1.64. The van der Waals surface area contributed by atoms with Crippen LogP contribution in [0.4, 0.5) is 15.8 Å². The average molecular weight is 410 g/mol. The van der Waals surface area contributed by atoms with Gasteiger partial charge in [0.25, 0.3) is 5.88 Å². The molecule has 0 saturated carbocycles. The van der Waals surface area contributed by atoms with E-state index >= 15 is 0 Å². The number of pyridine rings is 1. The van der Waals surface area contributed by atoms with Crippen molar-refractivity contribution in [2.75, 3.05) is 5.32 Å². The maximum Gasteiger partial charge on any atom is 0.331 e. The fraction of sp³-hybridized carbons (Fsp3) is 0.143. The van der Waals surface area contributed by atoms with Gasteiger partial charge < -0.3 is 15.8 Å². The molecule has 1 aromatic heterocycles. The summed E-state index contributed by atoms with van der Waals surface area (Å²) in [5.41, 5.74) is 7.29. The van der Waals surface area contributed by atoms with E-state index in [0.29, 0.717) is 17.0 Å². The van der Waals surface area contributed by atoms with Gasteiger partial charge >= 0.3 is 5.69 Å². The van der Waals surface area contributed by atoms with Crippen LogP contribution >= 0.6 is 0 Å². The highest BCUT2D eigenvalue weighted by molar-refractivity contribution is 5.94. The van der Waals surface area contributed by atoms with Crippen molar-refractivity contribution in [2.24, 2.45) is 5.73 Å². The lowest BCUT2D eigenvalue weighted by molar-refractivity contribution is -0.386. The zero-order valence-corrected chi connectivity index (χ0v) is 16.0. The minimum absolute atomic E-state index is 0.114. The molecular formula is C21H19FN4O4. The molecule has 8 nitrogen and oxygen atoms in total. The van der Waals surface area contributed by atoms with Gasteiger partial charge in [-0.3, -0.25) is 14.9 Å². The van der Waals surface area contributed by atoms with Crippen LogP contribution in [0.2, 0.25) is 0 Å². The van der Waals surface area contributed by atoms with E-state index in [4.69, 9.17) is 10.5 Å². The van der Waals surface area contributed by atoms with Gasteiger partial charge in [-0.05, 0) is 54.8 Å². The number of rotatable bonds is 7. The summed E-state index contributed by atoms with van der Waals surface area (Å²) in [6.45, 7) is 1.63. The predicted molar refractivity (Wildman–Crippen MR) is 109 cm³/mol. The summed E-state index contributed by atoms with van der Waals surface area (Å²) < 4.78 is 19.1. The predicted octanol–water partition coefficient (Wildman–Crippen LogP) is 3.74. The van der Waals surface area contributed by atoms with Crippen LogP contribution in [0.1, 0.15) is 11.1 Å². The summed E-state index contributed by atoms with van der Waals surface area (Å²) in [6, 6.07) is 12.9. The Kier molecular flexibility index (Phi) is 6.33. The third-order valence-electron chi connectivity index (χ3n) is 4.32. The number of hydrogen-bond donors (Lipinski definition) is 2. The number of aryl methyl sites for hydroxylation is 1.